The van der Waals surface area contributed by atoms with Gasteiger partial charge in [-0.2, -0.15) is 0 Å². The Morgan fingerprint density at radius 1 is 1.17 bits per heavy atom. The molecule has 7 heteroatoms. The number of hydrogen-bond acceptors (Lipinski definition) is 4. The van der Waals surface area contributed by atoms with Crippen LogP contribution in [0, 0.1) is 5.82 Å². The van der Waals surface area contributed by atoms with Crippen molar-refractivity contribution in [2.45, 2.75) is 50.7 Å². The van der Waals surface area contributed by atoms with E-state index in [1.807, 2.05) is 19.1 Å². The molecule has 0 spiro atoms. The van der Waals surface area contributed by atoms with Gasteiger partial charge in [-0.05, 0) is 37.5 Å². The third-order valence-corrected chi connectivity index (χ3v) is 5.86. The van der Waals surface area contributed by atoms with Crippen LogP contribution in [0.5, 0.6) is 0 Å². The summed E-state index contributed by atoms with van der Waals surface area (Å²) >= 11 is 0. The lowest BCUT2D eigenvalue weighted by Crippen LogP contribution is -2.47. The van der Waals surface area contributed by atoms with Gasteiger partial charge in [0.1, 0.15) is 5.82 Å². The van der Waals surface area contributed by atoms with Gasteiger partial charge in [0.2, 0.25) is 0 Å². The first kappa shape index (κ1) is 22.0. The summed E-state index contributed by atoms with van der Waals surface area (Å²) in [6, 6.07) is 6.83. The van der Waals surface area contributed by atoms with E-state index in [2.05, 4.69) is 20.5 Å². The van der Waals surface area contributed by atoms with E-state index in [-0.39, 0.29) is 11.9 Å². The van der Waals surface area contributed by atoms with E-state index in [1.165, 1.54) is 18.6 Å². The quantitative estimate of drug-likeness (QED) is 0.479. The van der Waals surface area contributed by atoms with Crippen molar-refractivity contribution < 1.29 is 14.2 Å². The van der Waals surface area contributed by atoms with Gasteiger partial charge in [0.15, 0.2) is 5.96 Å². The zero-order valence-corrected chi connectivity index (χ0v) is 17.5. The average molecular weight is 407 g/mol. The minimum atomic E-state index is -0.679. The number of nitrogens with zero attached hydrogens (tertiary/aromatic N) is 2. The molecule has 0 aromatic heterocycles. The number of rotatable bonds is 7. The molecule has 0 bridgehead atoms. The van der Waals surface area contributed by atoms with Gasteiger partial charge in [-0.3, -0.25) is 9.89 Å². The monoisotopic (exact) mass is 406 g/mol. The zero-order chi connectivity index (χ0) is 20.5. The van der Waals surface area contributed by atoms with Crippen molar-refractivity contribution in [3.63, 3.8) is 0 Å². The molecule has 1 aromatic rings. The van der Waals surface area contributed by atoms with Gasteiger partial charge in [0, 0.05) is 26.2 Å². The summed E-state index contributed by atoms with van der Waals surface area (Å²) in [5.74, 6) is 0.491. The number of halogens is 1. The fraction of sp³-hybridized carbons (Fsp3) is 0.682. The molecule has 6 nitrogen and oxygen atoms in total. The number of ether oxygens (including phenoxy) is 1. The summed E-state index contributed by atoms with van der Waals surface area (Å²) in [6.45, 7) is 6.96. The van der Waals surface area contributed by atoms with E-state index in [0.717, 1.165) is 50.9 Å². The molecule has 1 atom stereocenters. The Kier molecular flexibility index (Phi) is 8.27. The molecule has 0 radical (unpaired) electrons. The second-order valence-electron chi connectivity index (χ2n) is 8.08. The van der Waals surface area contributed by atoms with Crippen LogP contribution in [-0.4, -0.2) is 67.5 Å². The summed E-state index contributed by atoms with van der Waals surface area (Å²) in [5.41, 5.74) is 0.392. The van der Waals surface area contributed by atoms with Crippen molar-refractivity contribution >= 4 is 5.96 Å². The number of morpholine rings is 1. The van der Waals surface area contributed by atoms with E-state index < -0.39 is 5.60 Å². The summed E-state index contributed by atoms with van der Waals surface area (Å²) in [4.78, 5) is 7.04. The number of aliphatic hydroxyl groups is 1. The van der Waals surface area contributed by atoms with E-state index in [1.54, 1.807) is 0 Å². The van der Waals surface area contributed by atoms with Gasteiger partial charge in [0.05, 0.1) is 31.4 Å². The molecule has 1 aliphatic heterocycles. The molecule has 29 heavy (non-hydrogen) atoms. The van der Waals surface area contributed by atoms with E-state index in [4.69, 9.17) is 4.74 Å². The minimum absolute atomic E-state index is 0.0983. The predicted molar refractivity (Wildman–Crippen MR) is 114 cm³/mol. The molecular formula is C22H35FN4O2. The molecule has 3 N–H and O–H groups in total. The van der Waals surface area contributed by atoms with Crippen molar-refractivity contribution in [2.75, 3.05) is 45.9 Å². The largest absolute Gasteiger partial charge is 0.388 e. The average Bonchev–Trinajstić information content (AvgIpc) is 2.74. The molecule has 2 fully saturated rings. The van der Waals surface area contributed by atoms with Crippen LogP contribution in [0.25, 0.3) is 0 Å². The van der Waals surface area contributed by atoms with Crippen LogP contribution in [0.15, 0.2) is 29.3 Å². The Morgan fingerprint density at radius 3 is 2.52 bits per heavy atom. The van der Waals surface area contributed by atoms with E-state index in [0.29, 0.717) is 32.3 Å². The molecule has 1 saturated heterocycles. The molecule has 1 aliphatic carbocycles. The van der Waals surface area contributed by atoms with Crippen molar-refractivity contribution in [1.82, 2.24) is 15.5 Å². The van der Waals surface area contributed by atoms with Gasteiger partial charge in [-0.1, -0.05) is 31.4 Å². The Balaban J connectivity index is 1.67. The molecule has 0 amide bonds. The van der Waals surface area contributed by atoms with Crippen LogP contribution in [0.2, 0.25) is 0 Å². The highest BCUT2D eigenvalue weighted by atomic mass is 19.1. The Hall–Kier alpha value is -1.70. The summed E-state index contributed by atoms with van der Waals surface area (Å²) in [7, 11) is 0. The lowest BCUT2D eigenvalue weighted by molar-refractivity contribution is 0.0129. The first-order chi connectivity index (χ1) is 14.1. The number of aliphatic imine (C=N–C) groups is 1. The molecule has 162 valence electrons. The van der Waals surface area contributed by atoms with Gasteiger partial charge >= 0.3 is 0 Å². The van der Waals surface area contributed by atoms with Crippen molar-refractivity contribution in [1.29, 1.82) is 0 Å². The van der Waals surface area contributed by atoms with Crippen LogP contribution in [0.4, 0.5) is 4.39 Å². The molecule has 1 saturated carbocycles. The highest BCUT2D eigenvalue weighted by Gasteiger charge is 2.29. The van der Waals surface area contributed by atoms with Crippen LogP contribution < -0.4 is 10.6 Å². The lowest BCUT2D eigenvalue weighted by Gasteiger charge is -2.35. The van der Waals surface area contributed by atoms with Crippen LogP contribution >= 0.6 is 0 Å². The highest BCUT2D eigenvalue weighted by molar-refractivity contribution is 5.79. The predicted octanol–water partition coefficient (Wildman–Crippen LogP) is 2.45. The summed E-state index contributed by atoms with van der Waals surface area (Å²) in [5, 5.41) is 17.5. The second-order valence-corrected chi connectivity index (χ2v) is 8.08. The first-order valence-corrected chi connectivity index (χ1v) is 10.9. The third kappa shape index (κ3) is 6.66. The van der Waals surface area contributed by atoms with Crippen molar-refractivity contribution in [3.8, 4) is 0 Å². The van der Waals surface area contributed by atoms with Crippen molar-refractivity contribution in [2.24, 2.45) is 4.99 Å². The SMILES string of the molecule is CCNC(=NCC1(O)CCCCC1)NCC(c1ccc(F)cc1)N1CCOCC1. The molecular weight excluding hydrogens is 371 g/mol. The first-order valence-electron chi connectivity index (χ1n) is 10.9. The standard InChI is InChI=1S/C22H35FN4O2/c1-2-24-21(26-17-22(28)10-4-3-5-11-22)25-16-20(27-12-14-29-15-13-27)18-6-8-19(23)9-7-18/h6-9,20,28H,2-5,10-17H2,1H3,(H2,24,25,26). The topological polar surface area (TPSA) is 69.1 Å². The maximum absolute atomic E-state index is 13.4. The van der Waals surface area contributed by atoms with Crippen LogP contribution in [-0.2, 0) is 4.74 Å². The summed E-state index contributed by atoms with van der Waals surface area (Å²) in [6.07, 6.45) is 4.98. The van der Waals surface area contributed by atoms with Crippen LogP contribution in [0.1, 0.15) is 50.6 Å². The second kappa shape index (κ2) is 10.9. The number of benzene rings is 1. The maximum atomic E-state index is 13.4. The molecule has 1 aromatic carbocycles. The van der Waals surface area contributed by atoms with Gasteiger partial charge in [0.25, 0.3) is 0 Å². The van der Waals surface area contributed by atoms with Crippen molar-refractivity contribution in [3.05, 3.63) is 35.6 Å². The lowest BCUT2D eigenvalue weighted by atomic mass is 9.85. The van der Waals surface area contributed by atoms with Gasteiger partial charge in [-0.15, -0.1) is 0 Å². The fourth-order valence-electron chi connectivity index (χ4n) is 4.16. The molecule has 3 rings (SSSR count). The Labute approximate surface area is 173 Å². The maximum Gasteiger partial charge on any atom is 0.191 e. The molecule has 1 heterocycles. The number of guanidine groups is 1. The molecule has 1 unspecified atom stereocenters. The smallest absolute Gasteiger partial charge is 0.191 e. The van der Waals surface area contributed by atoms with E-state index in [9.17, 15) is 9.50 Å². The number of nitrogens with one attached hydrogen (secondary N) is 2. The highest BCUT2D eigenvalue weighted by Crippen LogP contribution is 2.28. The third-order valence-electron chi connectivity index (χ3n) is 5.86. The minimum Gasteiger partial charge on any atom is -0.388 e. The van der Waals surface area contributed by atoms with Crippen LogP contribution in [0.3, 0.4) is 0 Å². The van der Waals surface area contributed by atoms with Gasteiger partial charge < -0.3 is 20.5 Å². The summed E-state index contributed by atoms with van der Waals surface area (Å²) < 4.78 is 18.9. The van der Waals surface area contributed by atoms with Gasteiger partial charge in [-0.25, -0.2) is 4.39 Å². The fourth-order valence-corrected chi connectivity index (χ4v) is 4.16. The molecule has 2 aliphatic rings. The normalized spacial score (nSPS) is 21.6. The number of hydrogen-bond donors (Lipinski definition) is 3. The Bertz CT molecular complexity index is 641. The zero-order valence-electron chi connectivity index (χ0n) is 17.5. The Morgan fingerprint density at radius 2 is 1.86 bits per heavy atom. The van der Waals surface area contributed by atoms with E-state index >= 15 is 0 Å².